The number of hydrogen-bond donors (Lipinski definition) is 1. The minimum absolute atomic E-state index is 0.0136. The van der Waals surface area contributed by atoms with E-state index in [2.05, 4.69) is 13.8 Å². The molecule has 5 aliphatic carbocycles. The molecule has 1 aliphatic heterocycles. The van der Waals surface area contributed by atoms with E-state index < -0.39 is 46.9 Å². The average molecular weight is 570 g/mol. The van der Waals surface area contributed by atoms with Crippen LogP contribution in [0.2, 0.25) is 0 Å². The molecule has 0 aromatic carbocycles. The highest BCUT2D eigenvalue weighted by Gasteiger charge is 2.76. The van der Waals surface area contributed by atoms with Crippen LogP contribution in [-0.4, -0.2) is 78.4 Å². The number of Topliss-reactive ketones (excluding diaryl/α,β-unsaturated/α-hetero) is 1. The first kappa shape index (κ1) is 29.2. The molecule has 10 atom stereocenters. The number of carbonyl (C=O) groups excluding carboxylic acids is 3. The summed E-state index contributed by atoms with van der Waals surface area (Å²) in [5.74, 6) is -0.246. The molecule has 41 heavy (non-hydrogen) atoms. The average Bonchev–Trinajstić information content (AvgIpc) is 3.45. The van der Waals surface area contributed by atoms with E-state index in [0.29, 0.717) is 12.8 Å². The second-order valence-electron chi connectivity index (χ2n) is 14.4. The molecule has 226 valence electrons. The van der Waals surface area contributed by atoms with E-state index in [4.69, 9.17) is 14.2 Å². The number of nitrogens with zero attached hydrogens (tertiary/aromatic N) is 1. The van der Waals surface area contributed by atoms with Crippen molar-refractivity contribution < 1.29 is 33.7 Å². The van der Waals surface area contributed by atoms with Gasteiger partial charge in [-0.3, -0.25) is 19.3 Å². The molecule has 6 rings (SSSR count). The number of aliphatic hydroxyl groups excluding tert-OH is 1. The summed E-state index contributed by atoms with van der Waals surface area (Å²) < 4.78 is 19.2. The van der Waals surface area contributed by atoms with Gasteiger partial charge in [-0.2, -0.15) is 0 Å². The van der Waals surface area contributed by atoms with Gasteiger partial charge < -0.3 is 19.3 Å². The molecule has 5 fully saturated rings. The van der Waals surface area contributed by atoms with E-state index in [1.165, 1.54) is 6.42 Å². The van der Waals surface area contributed by atoms with E-state index in [9.17, 15) is 19.5 Å². The van der Waals surface area contributed by atoms with Crippen LogP contribution < -0.4 is 0 Å². The molecule has 0 aromatic rings. The summed E-state index contributed by atoms with van der Waals surface area (Å²) in [6.45, 7) is 5.65. The Morgan fingerprint density at radius 2 is 1.90 bits per heavy atom. The fourth-order valence-corrected chi connectivity index (χ4v) is 9.79. The van der Waals surface area contributed by atoms with Gasteiger partial charge in [0, 0.05) is 22.7 Å². The molecular weight excluding hydrogens is 522 g/mol. The van der Waals surface area contributed by atoms with Crippen molar-refractivity contribution in [3.63, 3.8) is 0 Å². The minimum atomic E-state index is -1.28. The summed E-state index contributed by atoms with van der Waals surface area (Å²) in [5, 5.41) is 11.9. The van der Waals surface area contributed by atoms with Crippen molar-refractivity contribution in [1.82, 2.24) is 4.90 Å². The number of carbonyl (C=O) groups is 3. The smallest absolute Gasteiger partial charge is 0.323 e. The fraction of sp³-hybridized carbons (Fsp3) is 0.788. The lowest BCUT2D eigenvalue weighted by atomic mass is 9.46. The maximum atomic E-state index is 14.4. The van der Waals surface area contributed by atoms with Crippen LogP contribution in [0.1, 0.15) is 78.6 Å². The highest BCUT2D eigenvalue weighted by molar-refractivity contribution is 6.01. The predicted molar refractivity (Wildman–Crippen MR) is 152 cm³/mol. The van der Waals surface area contributed by atoms with Crippen molar-refractivity contribution in [2.45, 2.75) is 109 Å². The quantitative estimate of drug-likeness (QED) is 0.479. The standard InChI is InChI=1S/C33H47NO7/c1-19(34(4)5)29(38)39-18-26(37)33-27(40-30(41-33)20-9-7-6-8-10-20)16-24-23-12-11-21-15-22(35)13-14-31(21,2)28(23)25(36)17-32(24,33)3/h13-15,19-20,23-25,27-28,30,36H,6-12,16-18H2,1-5H3/t19-,23-,24-,25-,27+,28+,30+,31-,32-,33+/m0/s1. The zero-order valence-corrected chi connectivity index (χ0v) is 25.3. The van der Waals surface area contributed by atoms with Gasteiger partial charge in [-0.25, -0.2) is 0 Å². The van der Waals surface area contributed by atoms with Gasteiger partial charge in [-0.1, -0.05) is 44.8 Å². The summed E-state index contributed by atoms with van der Waals surface area (Å²) in [5.41, 5.74) is -1.24. The van der Waals surface area contributed by atoms with Crippen LogP contribution in [0.25, 0.3) is 0 Å². The van der Waals surface area contributed by atoms with Crippen molar-refractivity contribution in [2.75, 3.05) is 20.7 Å². The van der Waals surface area contributed by atoms with Gasteiger partial charge >= 0.3 is 5.97 Å². The summed E-state index contributed by atoms with van der Waals surface area (Å²) in [7, 11) is 3.60. The van der Waals surface area contributed by atoms with Crippen molar-refractivity contribution in [1.29, 1.82) is 0 Å². The fourth-order valence-electron chi connectivity index (χ4n) is 9.79. The molecule has 0 unspecified atom stereocenters. The second kappa shape index (κ2) is 10.4. The number of esters is 1. The Kier molecular flexibility index (Phi) is 7.40. The van der Waals surface area contributed by atoms with Crippen LogP contribution in [-0.2, 0) is 28.6 Å². The number of ether oxygens (including phenoxy) is 3. The molecule has 0 amide bonds. The SMILES string of the molecule is C[C@@H](C(=O)OCC(=O)[C@@]12O[C@H](C3CCCCC3)O[C@@H]1C[C@H]1[C@@H]3CCC4=CC(=O)C=C[C@]4(C)[C@H]3[C@@H](O)C[C@@]12C)N(C)C. The zero-order valence-electron chi connectivity index (χ0n) is 25.3. The van der Waals surface area contributed by atoms with E-state index in [-0.39, 0.29) is 41.8 Å². The van der Waals surface area contributed by atoms with Crippen molar-refractivity contribution in [3.05, 3.63) is 23.8 Å². The molecular formula is C33H47NO7. The lowest BCUT2D eigenvalue weighted by Crippen LogP contribution is -2.64. The van der Waals surface area contributed by atoms with Crippen molar-refractivity contribution in [3.8, 4) is 0 Å². The molecule has 1 saturated heterocycles. The monoisotopic (exact) mass is 569 g/mol. The number of fused-ring (bicyclic) bond motifs is 7. The van der Waals surface area contributed by atoms with Gasteiger partial charge in [0.1, 0.15) is 6.04 Å². The van der Waals surface area contributed by atoms with E-state index in [1.807, 2.05) is 6.08 Å². The highest BCUT2D eigenvalue weighted by atomic mass is 16.7. The number of hydrogen-bond acceptors (Lipinski definition) is 8. The Hall–Kier alpha value is -1.87. The highest BCUT2D eigenvalue weighted by Crippen LogP contribution is 2.70. The molecule has 1 heterocycles. The molecule has 0 spiro atoms. The molecule has 0 bridgehead atoms. The van der Waals surface area contributed by atoms with Gasteiger partial charge in [-0.05, 0) is 83.5 Å². The van der Waals surface area contributed by atoms with E-state index >= 15 is 0 Å². The molecule has 8 heteroatoms. The Balaban J connectivity index is 1.33. The zero-order chi connectivity index (χ0) is 29.3. The Bertz CT molecular complexity index is 1160. The van der Waals surface area contributed by atoms with Crippen LogP contribution in [0.3, 0.4) is 0 Å². The largest absolute Gasteiger partial charge is 0.456 e. The van der Waals surface area contributed by atoms with E-state index in [0.717, 1.165) is 44.1 Å². The van der Waals surface area contributed by atoms with Gasteiger partial charge in [0.25, 0.3) is 0 Å². The maximum Gasteiger partial charge on any atom is 0.323 e. The van der Waals surface area contributed by atoms with Crippen molar-refractivity contribution >= 4 is 17.5 Å². The molecule has 0 radical (unpaired) electrons. The Labute approximate surface area is 243 Å². The van der Waals surface area contributed by atoms with Crippen LogP contribution in [0.15, 0.2) is 23.8 Å². The van der Waals surface area contributed by atoms with Gasteiger partial charge in [-0.15, -0.1) is 0 Å². The van der Waals surface area contributed by atoms with Gasteiger partial charge in [0.2, 0.25) is 5.78 Å². The first-order valence-corrected chi connectivity index (χ1v) is 15.7. The summed E-state index contributed by atoms with van der Waals surface area (Å²) in [4.78, 5) is 41.1. The maximum absolute atomic E-state index is 14.4. The third-order valence-corrected chi connectivity index (χ3v) is 12.2. The molecule has 6 aliphatic rings. The number of rotatable bonds is 6. The van der Waals surface area contributed by atoms with Gasteiger partial charge in [0.05, 0.1) is 12.2 Å². The third kappa shape index (κ3) is 4.34. The Morgan fingerprint density at radius 3 is 2.61 bits per heavy atom. The van der Waals surface area contributed by atoms with Crippen LogP contribution >= 0.6 is 0 Å². The number of aliphatic hydroxyl groups is 1. The number of allylic oxidation sites excluding steroid dienone is 4. The minimum Gasteiger partial charge on any atom is -0.456 e. The third-order valence-electron chi connectivity index (χ3n) is 12.2. The molecule has 4 saturated carbocycles. The van der Waals surface area contributed by atoms with Crippen LogP contribution in [0.5, 0.6) is 0 Å². The predicted octanol–water partition coefficient (Wildman–Crippen LogP) is 4.00. The number of ketones is 2. The van der Waals surface area contributed by atoms with Gasteiger partial charge in [0.15, 0.2) is 24.3 Å². The lowest BCUT2D eigenvalue weighted by molar-refractivity contribution is -0.210. The summed E-state index contributed by atoms with van der Waals surface area (Å²) in [6, 6.07) is -0.475. The number of likely N-dealkylation sites (N-methyl/N-ethyl adjacent to an activating group) is 1. The molecule has 1 N–H and O–H groups in total. The van der Waals surface area contributed by atoms with Crippen LogP contribution in [0.4, 0.5) is 0 Å². The molecule has 0 aromatic heterocycles. The first-order chi connectivity index (χ1) is 19.4. The molecule has 8 nitrogen and oxygen atoms in total. The van der Waals surface area contributed by atoms with Crippen LogP contribution in [0, 0.1) is 34.5 Å². The van der Waals surface area contributed by atoms with E-state index in [1.54, 1.807) is 38.1 Å². The van der Waals surface area contributed by atoms with Crippen molar-refractivity contribution in [2.24, 2.45) is 34.5 Å². The summed E-state index contributed by atoms with van der Waals surface area (Å²) >= 11 is 0. The first-order valence-electron chi connectivity index (χ1n) is 15.7. The summed E-state index contributed by atoms with van der Waals surface area (Å²) in [6.07, 6.45) is 12.1. The second-order valence-corrected chi connectivity index (χ2v) is 14.4. The normalized spacial score (nSPS) is 44.5. The lowest BCUT2D eigenvalue weighted by Gasteiger charge is -2.59. The Morgan fingerprint density at radius 1 is 1.17 bits per heavy atom. The topological polar surface area (TPSA) is 102 Å².